The van der Waals surface area contributed by atoms with Gasteiger partial charge in [0.15, 0.2) is 4.34 Å². The fraction of sp³-hybridized carbons (Fsp3) is 0.556. The van der Waals surface area contributed by atoms with Crippen LogP contribution in [-0.2, 0) is 10.0 Å². The predicted molar refractivity (Wildman–Crippen MR) is 71.9 cm³/mol. The average molecular weight is 326 g/mol. The zero-order chi connectivity index (χ0) is 14.4. The number of nitrogens with zero attached hydrogens (tertiary/aromatic N) is 2. The van der Waals surface area contributed by atoms with E-state index in [1.54, 1.807) is 0 Å². The van der Waals surface area contributed by atoms with Crippen LogP contribution in [0, 0.1) is 16.0 Å². The molecule has 106 valence electrons. The van der Waals surface area contributed by atoms with E-state index in [2.05, 4.69) is 0 Å². The van der Waals surface area contributed by atoms with Gasteiger partial charge in [0, 0.05) is 25.2 Å². The molecule has 2 atom stereocenters. The van der Waals surface area contributed by atoms with E-state index in [-0.39, 0.29) is 32.7 Å². The maximum atomic E-state index is 12.3. The van der Waals surface area contributed by atoms with E-state index in [9.17, 15) is 18.5 Å². The van der Waals surface area contributed by atoms with E-state index >= 15 is 0 Å². The summed E-state index contributed by atoms with van der Waals surface area (Å²) in [6.07, 6.45) is 0. The molecule has 0 bridgehead atoms. The van der Waals surface area contributed by atoms with Crippen LogP contribution in [0.2, 0.25) is 4.34 Å². The Kier molecular flexibility index (Phi) is 3.85. The van der Waals surface area contributed by atoms with Crippen LogP contribution in [-0.4, -0.2) is 36.8 Å². The average Bonchev–Trinajstić information content (AvgIpc) is 2.84. The van der Waals surface area contributed by atoms with Gasteiger partial charge in [-0.05, 0) is 5.92 Å². The van der Waals surface area contributed by atoms with Crippen LogP contribution in [0.3, 0.4) is 0 Å². The molecule has 1 saturated heterocycles. The van der Waals surface area contributed by atoms with Gasteiger partial charge in [0.2, 0.25) is 0 Å². The van der Waals surface area contributed by atoms with Crippen LogP contribution in [0.25, 0.3) is 0 Å². The van der Waals surface area contributed by atoms with Crippen molar-refractivity contribution in [2.45, 2.75) is 17.2 Å². The molecule has 2 unspecified atom stereocenters. The molecule has 1 aromatic heterocycles. The number of thiophene rings is 1. The van der Waals surface area contributed by atoms with Gasteiger partial charge in [-0.25, -0.2) is 8.42 Å². The minimum Gasteiger partial charge on any atom is -0.326 e. The summed E-state index contributed by atoms with van der Waals surface area (Å²) in [6.45, 7) is 2.39. The highest BCUT2D eigenvalue weighted by Gasteiger charge is 2.37. The number of sulfonamides is 1. The smallest absolute Gasteiger partial charge is 0.300 e. The van der Waals surface area contributed by atoms with E-state index in [0.717, 1.165) is 6.07 Å². The number of hydrogen-bond acceptors (Lipinski definition) is 6. The van der Waals surface area contributed by atoms with Gasteiger partial charge in [0.1, 0.15) is 4.21 Å². The first-order valence-electron chi connectivity index (χ1n) is 5.43. The van der Waals surface area contributed by atoms with Gasteiger partial charge in [0.25, 0.3) is 15.7 Å². The minimum absolute atomic E-state index is 0.0557. The molecule has 0 aromatic carbocycles. The number of rotatable bonds is 3. The lowest BCUT2D eigenvalue weighted by atomic mass is 10.1. The number of hydrogen-bond donors (Lipinski definition) is 1. The Bertz CT molecular complexity index is 605. The molecule has 0 aliphatic carbocycles. The first kappa shape index (κ1) is 14.7. The highest BCUT2D eigenvalue weighted by molar-refractivity contribution is 7.91. The summed E-state index contributed by atoms with van der Waals surface area (Å²) in [5, 5.41) is 10.7. The van der Waals surface area contributed by atoms with Crippen molar-refractivity contribution < 1.29 is 13.3 Å². The second kappa shape index (κ2) is 4.98. The fourth-order valence-electron chi connectivity index (χ4n) is 1.86. The van der Waals surface area contributed by atoms with Crippen molar-refractivity contribution in [3.63, 3.8) is 0 Å². The van der Waals surface area contributed by atoms with Crippen LogP contribution in [0.1, 0.15) is 6.92 Å². The molecule has 0 radical (unpaired) electrons. The lowest BCUT2D eigenvalue weighted by Crippen LogP contribution is -2.31. The molecule has 19 heavy (non-hydrogen) atoms. The zero-order valence-corrected chi connectivity index (χ0v) is 12.3. The van der Waals surface area contributed by atoms with Gasteiger partial charge in [-0.2, -0.15) is 4.31 Å². The summed E-state index contributed by atoms with van der Waals surface area (Å²) in [5.41, 5.74) is 5.40. The van der Waals surface area contributed by atoms with E-state index < -0.39 is 14.9 Å². The number of halogens is 1. The highest BCUT2D eigenvalue weighted by atomic mass is 35.5. The van der Waals surface area contributed by atoms with Crippen LogP contribution in [0.4, 0.5) is 5.69 Å². The van der Waals surface area contributed by atoms with E-state index in [1.807, 2.05) is 6.92 Å². The molecule has 1 aliphatic heterocycles. The van der Waals surface area contributed by atoms with Gasteiger partial charge in [0.05, 0.1) is 4.92 Å². The van der Waals surface area contributed by atoms with Crippen molar-refractivity contribution in [3.05, 3.63) is 20.5 Å². The third-order valence-corrected chi connectivity index (χ3v) is 6.69. The highest BCUT2D eigenvalue weighted by Crippen LogP contribution is 2.38. The Morgan fingerprint density at radius 3 is 2.63 bits per heavy atom. The summed E-state index contributed by atoms with van der Waals surface area (Å²) in [4.78, 5) is 9.99. The van der Waals surface area contributed by atoms with Crippen molar-refractivity contribution in [2.24, 2.45) is 11.7 Å². The normalized spacial score (nSPS) is 24.8. The van der Waals surface area contributed by atoms with Crippen molar-refractivity contribution in [1.29, 1.82) is 0 Å². The standard InChI is InChI=1S/C9H12ClN3O4S2/c1-5-3-12(4-6(5)11)19(16,17)8-2-7(13(14)15)9(10)18-8/h2,5-6H,3-4,11H2,1H3. The summed E-state index contributed by atoms with van der Waals surface area (Å²) < 4.78 is 25.6. The number of nitro groups is 1. The Hall–Kier alpha value is -0.740. The molecule has 0 amide bonds. The van der Waals surface area contributed by atoms with Gasteiger partial charge < -0.3 is 5.73 Å². The maximum Gasteiger partial charge on any atom is 0.300 e. The third-order valence-electron chi connectivity index (χ3n) is 3.07. The summed E-state index contributed by atoms with van der Waals surface area (Å²) in [5.74, 6) is 0.0557. The van der Waals surface area contributed by atoms with Crippen molar-refractivity contribution in [3.8, 4) is 0 Å². The quantitative estimate of drug-likeness (QED) is 0.665. The molecule has 2 N–H and O–H groups in total. The second-order valence-electron chi connectivity index (χ2n) is 4.44. The van der Waals surface area contributed by atoms with Gasteiger partial charge >= 0.3 is 0 Å². The molecule has 2 rings (SSSR count). The molecule has 1 aromatic rings. The SMILES string of the molecule is CC1CN(S(=O)(=O)c2cc([N+](=O)[O-])c(Cl)s2)CC1N. The lowest BCUT2D eigenvalue weighted by Gasteiger charge is -2.13. The molecule has 7 nitrogen and oxygen atoms in total. The van der Waals surface area contributed by atoms with Gasteiger partial charge in [-0.3, -0.25) is 10.1 Å². The van der Waals surface area contributed by atoms with Crippen molar-refractivity contribution in [1.82, 2.24) is 4.31 Å². The number of nitrogens with two attached hydrogens (primary N) is 1. The Morgan fingerprint density at radius 2 is 2.21 bits per heavy atom. The Balaban J connectivity index is 2.35. The van der Waals surface area contributed by atoms with Crippen molar-refractivity contribution in [2.75, 3.05) is 13.1 Å². The van der Waals surface area contributed by atoms with Crippen LogP contribution >= 0.6 is 22.9 Å². The van der Waals surface area contributed by atoms with E-state index in [4.69, 9.17) is 17.3 Å². The molecule has 0 saturated carbocycles. The molecule has 10 heteroatoms. The van der Waals surface area contributed by atoms with E-state index in [0.29, 0.717) is 17.9 Å². The molecule has 2 heterocycles. The monoisotopic (exact) mass is 325 g/mol. The van der Waals surface area contributed by atoms with E-state index in [1.165, 1.54) is 4.31 Å². The van der Waals surface area contributed by atoms with Crippen molar-refractivity contribution >= 4 is 38.6 Å². The van der Waals surface area contributed by atoms with Crippen LogP contribution in [0.5, 0.6) is 0 Å². The molecular formula is C9H12ClN3O4S2. The Labute approximate surface area is 119 Å². The first-order chi connectivity index (χ1) is 8.73. The summed E-state index contributed by atoms with van der Waals surface area (Å²) >= 11 is 6.37. The zero-order valence-electron chi connectivity index (χ0n) is 9.95. The summed E-state index contributed by atoms with van der Waals surface area (Å²) in [7, 11) is -3.76. The van der Waals surface area contributed by atoms with Crippen LogP contribution in [0.15, 0.2) is 10.3 Å². The van der Waals surface area contributed by atoms with Crippen LogP contribution < -0.4 is 5.73 Å². The minimum atomic E-state index is -3.76. The summed E-state index contributed by atoms with van der Waals surface area (Å²) in [6, 6.07) is 0.775. The first-order valence-corrected chi connectivity index (χ1v) is 8.06. The molecule has 0 spiro atoms. The third kappa shape index (κ3) is 2.61. The maximum absolute atomic E-state index is 12.3. The van der Waals surface area contributed by atoms with Gasteiger partial charge in [-0.15, -0.1) is 11.3 Å². The predicted octanol–water partition coefficient (Wildman–Crippen LogP) is 1.28. The fourth-order valence-corrected chi connectivity index (χ4v) is 5.26. The molecule has 1 fully saturated rings. The second-order valence-corrected chi connectivity index (χ2v) is 8.26. The van der Waals surface area contributed by atoms with Gasteiger partial charge in [-0.1, -0.05) is 18.5 Å². The Morgan fingerprint density at radius 1 is 1.58 bits per heavy atom. The topological polar surface area (TPSA) is 107 Å². The largest absolute Gasteiger partial charge is 0.326 e. The lowest BCUT2D eigenvalue weighted by molar-refractivity contribution is -0.384. The molecule has 1 aliphatic rings. The molecular weight excluding hydrogens is 314 g/mol.